The lowest BCUT2D eigenvalue weighted by molar-refractivity contribution is -0.123. The van der Waals surface area contributed by atoms with Crippen LogP contribution in [-0.2, 0) is 11.3 Å². The molecule has 14 heavy (non-hydrogen) atoms. The molecule has 0 bridgehead atoms. The minimum atomic E-state index is 0.316. The van der Waals surface area contributed by atoms with Crippen LogP contribution in [0.15, 0.2) is 12.4 Å². The van der Waals surface area contributed by atoms with Crippen LogP contribution in [0.3, 0.4) is 0 Å². The van der Waals surface area contributed by atoms with Crippen LogP contribution in [0.25, 0.3) is 0 Å². The number of rotatable bonds is 3. The third-order valence-electron chi connectivity index (χ3n) is 3.06. The normalized spacial score (nSPS) is 17.5. The highest BCUT2D eigenvalue weighted by molar-refractivity contribution is 5.81. The maximum absolute atomic E-state index is 11.8. The van der Waals surface area contributed by atoms with Gasteiger partial charge in [0, 0.05) is 18.3 Å². The van der Waals surface area contributed by atoms with E-state index >= 15 is 0 Å². The van der Waals surface area contributed by atoms with Crippen molar-refractivity contribution in [1.29, 1.82) is 0 Å². The summed E-state index contributed by atoms with van der Waals surface area (Å²) < 4.78 is 1.93. The summed E-state index contributed by atoms with van der Waals surface area (Å²) in [5.74, 6) is 1.62. The molecule has 1 heterocycles. The number of carbonyl (C=O) groups is 1. The zero-order valence-electron chi connectivity index (χ0n) is 8.57. The van der Waals surface area contributed by atoms with Gasteiger partial charge >= 0.3 is 0 Å². The van der Waals surface area contributed by atoms with E-state index in [4.69, 9.17) is 0 Å². The van der Waals surface area contributed by atoms with E-state index in [-0.39, 0.29) is 0 Å². The third-order valence-corrected chi connectivity index (χ3v) is 3.06. The van der Waals surface area contributed by atoms with Crippen LogP contribution in [0, 0.1) is 12.8 Å². The summed E-state index contributed by atoms with van der Waals surface area (Å²) in [5.41, 5.74) is 0. The highest BCUT2D eigenvalue weighted by atomic mass is 16.1. The van der Waals surface area contributed by atoms with Crippen molar-refractivity contribution in [2.75, 3.05) is 0 Å². The summed E-state index contributed by atoms with van der Waals surface area (Å²) >= 11 is 0. The summed E-state index contributed by atoms with van der Waals surface area (Å²) in [6.07, 6.45) is 8.25. The summed E-state index contributed by atoms with van der Waals surface area (Å²) in [5, 5.41) is 0. The molecule has 1 saturated carbocycles. The fourth-order valence-electron chi connectivity index (χ4n) is 2.12. The fraction of sp³-hybridized carbons (Fsp3) is 0.636. The maximum atomic E-state index is 11.8. The monoisotopic (exact) mass is 192 g/mol. The van der Waals surface area contributed by atoms with Crippen LogP contribution >= 0.6 is 0 Å². The first-order chi connectivity index (χ1) is 6.77. The van der Waals surface area contributed by atoms with Gasteiger partial charge in [0.05, 0.1) is 6.54 Å². The molecule has 0 radical (unpaired) electrons. The van der Waals surface area contributed by atoms with Crippen LogP contribution in [0.1, 0.15) is 31.5 Å². The number of hydrogen-bond acceptors (Lipinski definition) is 2. The standard InChI is InChI=1S/C11H16N2O/c1-9-12-6-7-13(9)8-11(14)10-4-2-3-5-10/h6-7,10H,2-5,8H2,1H3. The largest absolute Gasteiger partial charge is 0.328 e. The van der Waals surface area contributed by atoms with Gasteiger partial charge in [0.1, 0.15) is 5.82 Å². The average molecular weight is 192 g/mol. The van der Waals surface area contributed by atoms with Crippen molar-refractivity contribution in [2.45, 2.75) is 39.2 Å². The Labute approximate surface area is 84.1 Å². The molecular formula is C11H16N2O. The number of nitrogens with zero attached hydrogens (tertiary/aromatic N) is 2. The number of carbonyl (C=O) groups excluding carboxylic acids is 1. The van der Waals surface area contributed by atoms with Gasteiger partial charge in [0.25, 0.3) is 0 Å². The number of hydrogen-bond donors (Lipinski definition) is 0. The van der Waals surface area contributed by atoms with Crippen LogP contribution in [0.2, 0.25) is 0 Å². The van der Waals surface area contributed by atoms with Gasteiger partial charge in [-0.2, -0.15) is 0 Å². The van der Waals surface area contributed by atoms with Crippen molar-refractivity contribution in [1.82, 2.24) is 9.55 Å². The predicted molar refractivity (Wildman–Crippen MR) is 53.9 cm³/mol. The molecule has 0 N–H and O–H groups in total. The van der Waals surface area contributed by atoms with Crippen LogP contribution in [0.5, 0.6) is 0 Å². The van der Waals surface area contributed by atoms with Gasteiger partial charge in [0.15, 0.2) is 5.78 Å². The van der Waals surface area contributed by atoms with Crippen LogP contribution in [0.4, 0.5) is 0 Å². The zero-order chi connectivity index (χ0) is 9.97. The molecule has 0 atom stereocenters. The second-order valence-corrected chi connectivity index (χ2v) is 4.05. The average Bonchev–Trinajstić information content (AvgIpc) is 2.77. The molecule has 3 heteroatoms. The molecule has 0 amide bonds. The van der Waals surface area contributed by atoms with E-state index in [1.54, 1.807) is 6.20 Å². The van der Waals surface area contributed by atoms with E-state index in [2.05, 4.69) is 4.98 Å². The first kappa shape index (κ1) is 9.44. The van der Waals surface area contributed by atoms with Crippen molar-refractivity contribution in [3.63, 3.8) is 0 Å². The summed E-state index contributed by atoms with van der Waals surface area (Å²) in [4.78, 5) is 15.9. The molecule has 0 aromatic carbocycles. The summed E-state index contributed by atoms with van der Waals surface area (Å²) in [6.45, 7) is 2.44. The second-order valence-electron chi connectivity index (χ2n) is 4.05. The summed E-state index contributed by atoms with van der Waals surface area (Å²) in [7, 11) is 0. The number of imidazole rings is 1. The fourth-order valence-corrected chi connectivity index (χ4v) is 2.12. The molecule has 1 aliphatic rings. The van der Waals surface area contributed by atoms with Crippen LogP contribution in [-0.4, -0.2) is 15.3 Å². The Bertz CT molecular complexity index is 324. The Morgan fingerprint density at radius 3 is 2.86 bits per heavy atom. The Balaban J connectivity index is 1.97. The third kappa shape index (κ3) is 1.86. The lowest BCUT2D eigenvalue weighted by Gasteiger charge is -2.09. The Morgan fingerprint density at radius 1 is 1.57 bits per heavy atom. The van der Waals surface area contributed by atoms with E-state index in [0.717, 1.165) is 18.7 Å². The van der Waals surface area contributed by atoms with Gasteiger partial charge < -0.3 is 4.57 Å². The van der Waals surface area contributed by atoms with E-state index in [1.165, 1.54) is 12.8 Å². The van der Waals surface area contributed by atoms with E-state index < -0.39 is 0 Å². The zero-order valence-corrected chi connectivity index (χ0v) is 8.57. The molecular weight excluding hydrogens is 176 g/mol. The van der Waals surface area contributed by atoms with Gasteiger partial charge in [-0.25, -0.2) is 4.98 Å². The van der Waals surface area contributed by atoms with Gasteiger partial charge in [-0.1, -0.05) is 12.8 Å². The van der Waals surface area contributed by atoms with Crippen molar-refractivity contribution in [3.8, 4) is 0 Å². The molecule has 0 unspecified atom stereocenters. The molecule has 1 aromatic rings. The first-order valence-electron chi connectivity index (χ1n) is 5.28. The van der Waals surface area contributed by atoms with Crippen molar-refractivity contribution in [2.24, 2.45) is 5.92 Å². The Hall–Kier alpha value is -1.12. The molecule has 0 spiro atoms. The first-order valence-corrected chi connectivity index (χ1v) is 5.28. The van der Waals surface area contributed by atoms with E-state index in [1.807, 2.05) is 17.7 Å². The Kier molecular flexibility index (Phi) is 2.66. The maximum Gasteiger partial charge on any atom is 0.155 e. The molecule has 76 valence electrons. The Morgan fingerprint density at radius 2 is 2.29 bits per heavy atom. The van der Waals surface area contributed by atoms with Gasteiger partial charge in [-0.15, -0.1) is 0 Å². The minimum Gasteiger partial charge on any atom is -0.328 e. The molecule has 0 aliphatic heterocycles. The smallest absolute Gasteiger partial charge is 0.155 e. The quantitative estimate of drug-likeness (QED) is 0.733. The number of Topliss-reactive ketones (excluding diaryl/α,β-unsaturated/α-hetero) is 1. The molecule has 1 aliphatic carbocycles. The van der Waals surface area contributed by atoms with Gasteiger partial charge in [0.2, 0.25) is 0 Å². The van der Waals surface area contributed by atoms with Crippen LogP contribution < -0.4 is 0 Å². The van der Waals surface area contributed by atoms with Crippen molar-refractivity contribution >= 4 is 5.78 Å². The van der Waals surface area contributed by atoms with Gasteiger partial charge in [-0.3, -0.25) is 4.79 Å². The SMILES string of the molecule is Cc1nccn1CC(=O)C1CCCC1. The highest BCUT2D eigenvalue weighted by Gasteiger charge is 2.22. The topological polar surface area (TPSA) is 34.9 Å². The number of aryl methyl sites for hydroxylation is 1. The van der Waals surface area contributed by atoms with E-state index in [0.29, 0.717) is 18.2 Å². The number of ketones is 1. The predicted octanol–water partition coefficient (Wildman–Crippen LogP) is 1.95. The molecule has 0 saturated heterocycles. The van der Waals surface area contributed by atoms with Crippen molar-refractivity contribution in [3.05, 3.63) is 18.2 Å². The minimum absolute atomic E-state index is 0.316. The van der Waals surface area contributed by atoms with E-state index in [9.17, 15) is 4.79 Å². The lowest BCUT2D eigenvalue weighted by Crippen LogP contribution is -2.18. The molecule has 1 fully saturated rings. The molecule has 1 aromatic heterocycles. The molecule has 2 rings (SSSR count). The highest BCUT2D eigenvalue weighted by Crippen LogP contribution is 2.25. The number of aromatic nitrogens is 2. The summed E-state index contributed by atoms with van der Waals surface area (Å²) in [6, 6.07) is 0. The van der Waals surface area contributed by atoms with Gasteiger partial charge in [-0.05, 0) is 19.8 Å². The molecule has 3 nitrogen and oxygen atoms in total. The lowest BCUT2D eigenvalue weighted by atomic mass is 10.0. The van der Waals surface area contributed by atoms with Crippen molar-refractivity contribution < 1.29 is 4.79 Å². The second kappa shape index (κ2) is 3.95.